The first-order chi connectivity index (χ1) is 10.7. The molecule has 0 aromatic heterocycles. The van der Waals surface area contributed by atoms with Crippen LogP contribution in [-0.4, -0.2) is 23.6 Å². The van der Waals surface area contributed by atoms with Crippen LogP contribution in [0.25, 0.3) is 0 Å². The van der Waals surface area contributed by atoms with Gasteiger partial charge in [-0.15, -0.1) is 0 Å². The van der Waals surface area contributed by atoms with Gasteiger partial charge in [0.15, 0.2) is 0 Å². The molecule has 2 atom stereocenters. The van der Waals surface area contributed by atoms with Crippen molar-refractivity contribution in [2.45, 2.75) is 59.2 Å². The first kappa shape index (κ1) is 19.0. The number of hydrogen-bond acceptors (Lipinski definition) is 3. The van der Waals surface area contributed by atoms with Gasteiger partial charge in [-0.3, -0.25) is 4.79 Å². The predicted molar refractivity (Wildman–Crippen MR) is 90.9 cm³/mol. The quantitative estimate of drug-likeness (QED) is 0.845. The largest absolute Gasteiger partial charge is 0.444 e. The van der Waals surface area contributed by atoms with Crippen LogP contribution in [-0.2, 0) is 16.1 Å². The van der Waals surface area contributed by atoms with Crippen molar-refractivity contribution in [2.75, 3.05) is 0 Å². The Kier molecular flexibility index (Phi) is 7.07. The molecule has 1 rings (SSSR count). The van der Waals surface area contributed by atoms with Gasteiger partial charge in [0.1, 0.15) is 11.6 Å². The highest BCUT2D eigenvalue weighted by molar-refractivity contribution is 5.85. The van der Waals surface area contributed by atoms with Gasteiger partial charge in [0.05, 0.1) is 0 Å². The summed E-state index contributed by atoms with van der Waals surface area (Å²) in [5.41, 5.74) is 0.422. The Bertz CT molecular complexity index is 509. The van der Waals surface area contributed by atoms with Gasteiger partial charge in [-0.25, -0.2) is 4.79 Å². The fourth-order valence-corrected chi connectivity index (χ4v) is 2.03. The molecule has 5 nitrogen and oxygen atoms in total. The SMILES string of the molecule is CC[C@H](C)[C@@H](NC(=O)OC(C)(C)C)C(=O)NCc1ccccc1. The van der Waals surface area contributed by atoms with Crippen molar-refractivity contribution in [2.24, 2.45) is 5.92 Å². The molecule has 23 heavy (non-hydrogen) atoms. The lowest BCUT2D eigenvalue weighted by Gasteiger charge is -2.26. The van der Waals surface area contributed by atoms with Gasteiger partial charge >= 0.3 is 6.09 Å². The van der Waals surface area contributed by atoms with Crippen molar-refractivity contribution >= 4 is 12.0 Å². The minimum absolute atomic E-state index is 0.0123. The minimum atomic E-state index is -0.612. The zero-order valence-corrected chi connectivity index (χ0v) is 14.7. The molecular weight excluding hydrogens is 292 g/mol. The van der Waals surface area contributed by atoms with Crippen LogP contribution in [0.5, 0.6) is 0 Å². The van der Waals surface area contributed by atoms with Gasteiger partial charge < -0.3 is 15.4 Å². The van der Waals surface area contributed by atoms with E-state index in [-0.39, 0.29) is 11.8 Å². The number of carbonyl (C=O) groups excluding carboxylic acids is 2. The van der Waals surface area contributed by atoms with E-state index >= 15 is 0 Å². The van der Waals surface area contributed by atoms with E-state index in [1.54, 1.807) is 20.8 Å². The summed E-state index contributed by atoms with van der Waals surface area (Å²) >= 11 is 0. The number of benzene rings is 1. The summed E-state index contributed by atoms with van der Waals surface area (Å²) in [7, 11) is 0. The molecule has 0 aliphatic rings. The molecule has 0 spiro atoms. The Balaban J connectivity index is 2.65. The fraction of sp³-hybridized carbons (Fsp3) is 0.556. The van der Waals surface area contributed by atoms with E-state index in [9.17, 15) is 9.59 Å². The van der Waals surface area contributed by atoms with Crippen molar-refractivity contribution in [3.63, 3.8) is 0 Å². The standard InChI is InChI=1S/C18H28N2O3/c1-6-13(2)15(20-17(22)23-18(3,4)5)16(21)19-12-14-10-8-7-9-11-14/h7-11,13,15H,6,12H2,1-5H3,(H,19,21)(H,20,22)/t13-,15+/m0/s1. The highest BCUT2D eigenvalue weighted by Gasteiger charge is 2.27. The van der Waals surface area contributed by atoms with Crippen LogP contribution in [0.1, 0.15) is 46.6 Å². The maximum atomic E-state index is 12.4. The van der Waals surface area contributed by atoms with Crippen LogP contribution in [0, 0.1) is 5.92 Å². The average molecular weight is 320 g/mol. The topological polar surface area (TPSA) is 67.4 Å². The third-order valence-corrected chi connectivity index (χ3v) is 3.48. The lowest BCUT2D eigenvalue weighted by molar-refractivity contribution is -0.124. The second kappa shape index (κ2) is 8.56. The fourth-order valence-electron chi connectivity index (χ4n) is 2.03. The Morgan fingerprint density at radius 2 is 1.78 bits per heavy atom. The number of rotatable bonds is 6. The summed E-state index contributed by atoms with van der Waals surface area (Å²) in [6.07, 6.45) is 0.205. The number of alkyl carbamates (subject to hydrolysis) is 1. The summed E-state index contributed by atoms with van der Waals surface area (Å²) in [6.45, 7) is 9.73. The zero-order valence-electron chi connectivity index (χ0n) is 14.7. The normalized spacial score (nSPS) is 13.8. The zero-order chi connectivity index (χ0) is 17.5. The molecule has 128 valence electrons. The summed E-state index contributed by atoms with van der Waals surface area (Å²) in [5, 5.41) is 5.56. The third kappa shape index (κ3) is 7.17. The molecule has 0 aliphatic carbocycles. The van der Waals surface area contributed by atoms with Crippen molar-refractivity contribution in [3.8, 4) is 0 Å². The van der Waals surface area contributed by atoms with Crippen LogP contribution in [0.2, 0.25) is 0 Å². The van der Waals surface area contributed by atoms with Gasteiger partial charge in [-0.05, 0) is 32.3 Å². The lowest BCUT2D eigenvalue weighted by Crippen LogP contribution is -2.51. The molecule has 0 unspecified atom stereocenters. The highest BCUT2D eigenvalue weighted by Crippen LogP contribution is 2.11. The summed E-state index contributed by atoms with van der Waals surface area (Å²) in [5.74, 6) is -0.188. The Morgan fingerprint density at radius 3 is 2.30 bits per heavy atom. The second-order valence-corrected chi connectivity index (χ2v) is 6.71. The predicted octanol–water partition coefficient (Wildman–Crippen LogP) is 3.24. The number of carbonyl (C=O) groups is 2. The number of amides is 2. The first-order valence-corrected chi connectivity index (χ1v) is 8.04. The molecule has 2 N–H and O–H groups in total. The molecule has 2 amide bonds. The second-order valence-electron chi connectivity index (χ2n) is 6.71. The van der Waals surface area contributed by atoms with Crippen molar-refractivity contribution in [3.05, 3.63) is 35.9 Å². The van der Waals surface area contributed by atoms with E-state index in [1.165, 1.54) is 0 Å². The lowest BCUT2D eigenvalue weighted by atomic mass is 9.98. The van der Waals surface area contributed by atoms with E-state index in [2.05, 4.69) is 10.6 Å². The Morgan fingerprint density at radius 1 is 1.17 bits per heavy atom. The van der Waals surface area contributed by atoms with Crippen molar-refractivity contribution in [1.29, 1.82) is 0 Å². The molecule has 1 aromatic carbocycles. The first-order valence-electron chi connectivity index (χ1n) is 8.04. The van der Waals surface area contributed by atoms with Gasteiger partial charge in [0.2, 0.25) is 5.91 Å². The molecule has 0 heterocycles. The number of nitrogens with one attached hydrogen (secondary N) is 2. The van der Waals surface area contributed by atoms with Gasteiger partial charge in [-0.1, -0.05) is 50.6 Å². The molecule has 1 aromatic rings. The highest BCUT2D eigenvalue weighted by atomic mass is 16.6. The molecule has 0 radical (unpaired) electrons. The molecule has 0 fully saturated rings. The van der Waals surface area contributed by atoms with Crippen LogP contribution >= 0.6 is 0 Å². The maximum Gasteiger partial charge on any atom is 0.408 e. The maximum absolute atomic E-state index is 12.4. The molecule has 0 saturated carbocycles. The average Bonchev–Trinajstić information content (AvgIpc) is 2.49. The molecule has 5 heteroatoms. The molecule has 0 aliphatic heterocycles. The van der Waals surface area contributed by atoms with E-state index in [0.717, 1.165) is 12.0 Å². The molecule has 0 saturated heterocycles. The smallest absolute Gasteiger partial charge is 0.408 e. The van der Waals surface area contributed by atoms with Gasteiger partial charge in [0, 0.05) is 6.54 Å². The third-order valence-electron chi connectivity index (χ3n) is 3.48. The number of hydrogen-bond donors (Lipinski definition) is 2. The summed E-state index contributed by atoms with van der Waals surface area (Å²) in [6, 6.07) is 9.05. The molecular formula is C18H28N2O3. The Labute approximate surface area is 138 Å². The van der Waals surface area contributed by atoms with E-state index in [4.69, 9.17) is 4.74 Å². The minimum Gasteiger partial charge on any atom is -0.444 e. The van der Waals surface area contributed by atoms with E-state index in [1.807, 2.05) is 44.2 Å². The van der Waals surface area contributed by atoms with Crippen LogP contribution in [0.15, 0.2) is 30.3 Å². The van der Waals surface area contributed by atoms with E-state index < -0.39 is 17.7 Å². The monoisotopic (exact) mass is 320 g/mol. The number of ether oxygens (including phenoxy) is 1. The van der Waals surface area contributed by atoms with Gasteiger partial charge in [0.25, 0.3) is 0 Å². The van der Waals surface area contributed by atoms with Crippen LogP contribution < -0.4 is 10.6 Å². The van der Waals surface area contributed by atoms with Crippen molar-refractivity contribution in [1.82, 2.24) is 10.6 Å². The van der Waals surface area contributed by atoms with Gasteiger partial charge in [-0.2, -0.15) is 0 Å². The van der Waals surface area contributed by atoms with Crippen LogP contribution in [0.4, 0.5) is 4.79 Å². The summed E-state index contributed by atoms with van der Waals surface area (Å²) in [4.78, 5) is 24.4. The van der Waals surface area contributed by atoms with Crippen LogP contribution in [0.3, 0.4) is 0 Å². The van der Waals surface area contributed by atoms with E-state index in [0.29, 0.717) is 6.54 Å². The molecule has 0 bridgehead atoms. The van der Waals surface area contributed by atoms with Crippen molar-refractivity contribution < 1.29 is 14.3 Å². The Hall–Kier alpha value is -2.04. The summed E-state index contributed by atoms with van der Waals surface area (Å²) < 4.78 is 5.25.